The number of carbonyl (C=O) groups excluding carboxylic acids is 1. The van der Waals surface area contributed by atoms with E-state index in [0.29, 0.717) is 12.3 Å². The molecule has 1 rings (SSSR count). The fourth-order valence-electron chi connectivity index (χ4n) is 1.07. The zero-order valence-electron chi connectivity index (χ0n) is 8.49. The standard InChI is InChI=1S/C11H12N2O2/c1-3-15-10-6-4-9(5-7-10)13-11(14)8-12-2/h4-7H,3,8H2,1H3,(H,13,14). The maximum Gasteiger partial charge on any atom is 0.304 e. The Morgan fingerprint density at radius 1 is 1.47 bits per heavy atom. The van der Waals surface area contributed by atoms with Crippen molar-refractivity contribution < 1.29 is 9.53 Å². The van der Waals surface area contributed by atoms with Crippen LogP contribution in [0.4, 0.5) is 5.69 Å². The van der Waals surface area contributed by atoms with Gasteiger partial charge in [0.1, 0.15) is 5.75 Å². The molecule has 1 aromatic rings. The molecule has 4 heteroatoms. The van der Waals surface area contributed by atoms with Crippen LogP contribution in [0.5, 0.6) is 5.75 Å². The van der Waals surface area contributed by atoms with Gasteiger partial charge in [0.2, 0.25) is 0 Å². The van der Waals surface area contributed by atoms with Crippen molar-refractivity contribution in [2.45, 2.75) is 6.92 Å². The van der Waals surface area contributed by atoms with Crippen LogP contribution in [-0.4, -0.2) is 19.1 Å². The highest BCUT2D eigenvalue weighted by Crippen LogP contribution is 2.15. The molecule has 0 aliphatic rings. The molecule has 4 nitrogen and oxygen atoms in total. The van der Waals surface area contributed by atoms with E-state index in [1.165, 1.54) is 0 Å². The van der Waals surface area contributed by atoms with E-state index in [1.54, 1.807) is 24.3 Å². The molecule has 15 heavy (non-hydrogen) atoms. The summed E-state index contributed by atoms with van der Waals surface area (Å²) in [5, 5.41) is 2.60. The number of nitrogens with one attached hydrogen (secondary N) is 1. The van der Waals surface area contributed by atoms with E-state index >= 15 is 0 Å². The summed E-state index contributed by atoms with van der Waals surface area (Å²) in [7, 11) is 0. The molecule has 0 spiro atoms. The Kier molecular flexibility index (Phi) is 4.17. The third-order valence-electron chi connectivity index (χ3n) is 1.67. The molecular formula is C11H12N2O2. The molecule has 0 aliphatic heterocycles. The van der Waals surface area contributed by atoms with Crippen molar-refractivity contribution in [3.8, 4) is 5.75 Å². The first-order valence-electron chi connectivity index (χ1n) is 4.62. The van der Waals surface area contributed by atoms with E-state index in [2.05, 4.69) is 10.2 Å². The van der Waals surface area contributed by atoms with Crippen molar-refractivity contribution in [2.24, 2.45) is 0 Å². The van der Waals surface area contributed by atoms with Crippen LogP contribution < -0.4 is 10.1 Å². The molecule has 1 aromatic carbocycles. The summed E-state index contributed by atoms with van der Waals surface area (Å²) >= 11 is 0. The Hall–Kier alpha value is -2.02. The molecule has 0 atom stereocenters. The number of nitrogens with zero attached hydrogens (tertiary/aromatic N) is 1. The van der Waals surface area contributed by atoms with Crippen LogP contribution in [0, 0.1) is 6.57 Å². The number of rotatable bonds is 4. The van der Waals surface area contributed by atoms with E-state index in [1.807, 2.05) is 6.92 Å². The summed E-state index contributed by atoms with van der Waals surface area (Å²) in [6.07, 6.45) is 0. The van der Waals surface area contributed by atoms with Gasteiger partial charge in [0.05, 0.1) is 6.61 Å². The van der Waals surface area contributed by atoms with Gasteiger partial charge in [0.15, 0.2) is 0 Å². The predicted octanol–water partition coefficient (Wildman–Crippen LogP) is 1.94. The average Bonchev–Trinajstić information content (AvgIpc) is 2.22. The molecule has 78 valence electrons. The molecular weight excluding hydrogens is 192 g/mol. The fraction of sp³-hybridized carbons (Fsp3) is 0.273. The number of hydrogen-bond donors (Lipinski definition) is 1. The summed E-state index contributed by atoms with van der Waals surface area (Å²) in [5.41, 5.74) is 0.673. The van der Waals surface area contributed by atoms with Crippen LogP contribution in [-0.2, 0) is 4.79 Å². The third-order valence-corrected chi connectivity index (χ3v) is 1.67. The number of benzene rings is 1. The SMILES string of the molecule is [C-]#[N+]CC(=O)Nc1ccc(OCC)cc1. The van der Waals surface area contributed by atoms with Gasteiger partial charge in [-0.25, -0.2) is 6.57 Å². The highest BCUT2D eigenvalue weighted by atomic mass is 16.5. The van der Waals surface area contributed by atoms with E-state index < -0.39 is 0 Å². The lowest BCUT2D eigenvalue weighted by atomic mass is 10.3. The van der Waals surface area contributed by atoms with Gasteiger partial charge in [-0.1, -0.05) is 0 Å². The van der Waals surface area contributed by atoms with Crippen LogP contribution in [0.25, 0.3) is 4.85 Å². The Morgan fingerprint density at radius 3 is 2.67 bits per heavy atom. The highest BCUT2D eigenvalue weighted by Gasteiger charge is 2.03. The van der Waals surface area contributed by atoms with E-state index in [4.69, 9.17) is 11.3 Å². The smallest absolute Gasteiger partial charge is 0.304 e. The van der Waals surface area contributed by atoms with E-state index in [-0.39, 0.29) is 12.5 Å². The number of carbonyl (C=O) groups is 1. The molecule has 0 unspecified atom stereocenters. The normalized spacial score (nSPS) is 9.07. The van der Waals surface area contributed by atoms with Crippen LogP contribution in [0.15, 0.2) is 24.3 Å². The topological polar surface area (TPSA) is 42.7 Å². The molecule has 0 fully saturated rings. The van der Waals surface area contributed by atoms with Gasteiger partial charge in [-0.3, -0.25) is 4.79 Å². The minimum Gasteiger partial charge on any atom is -0.494 e. The third kappa shape index (κ3) is 3.69. The molecule has 0 aromatic heterocycles. The van der Waals surface area contributed by atoms with Crippen molar-refractivity contribution in [1.82, 2.24) is 0 Å². The van der Waals surface area contributed by atoms with Gasteiger partial charge in [-0.2, -0.15) is 0 Å². The van der Waals surface area contributed by atoms with Gasteiger partial charge in [-0.05, 0) is 31.2 Å². The zero-order valence-corrected chi connectivity index (χ0v) is 8.49. The second kappa shape index (κ2) is 5.66. The lowest BCUT2D eigenvalue weighted by Gasteiger charge is -2.04. The number of anilines is 1. The van der Waals surface area contributed by atoms with Gasteiger partial charge in [0.25, 0.3) is 6.54 Å². The quantitative estimate of drug-likeness (QED) is 0.761. The first-order chi connectivity index (χ1) is 7.26. The fourth-order valence-corrected chi connectivity index (χ4v) is 1.07. The summed E-state index contributed by atoms with van der Waals surface area (Å²) in [6.45, 7) is 8.91. The molecule has 0 heterocycles. The molecule has 0 saturated carbocycles. The summed E-state index contributed by atoms with van der Waals surface area (Å²) in [4.78, 5) is 14.1. The molecule has 1 amide bonds. The average molecular weight is 204 g/mol. The minimum absolute atomic E-state index is 0.146. The maximum absolute atomic E-state index is 11.1. The van der Waals surface area contributed by atoms with Crippen LogP contribution in [0.3, 0.4) is 0 Å². The molecule has 0 saturated heterocycles. The number of amides is 1. The van der Waals surface area contributed by atoms with E-state index in [9.17, 15) is 4.79 Å². The highest BCUT2D eigenvalue weighted by molar-refractivity contribution is 5.93. The zero-order chi connectivity index (χ0) is 11.1. The predicted molar refractivity (Wildman–Crippen MR) is 57.7 cm³/mol. The van der Waals surface area contributed by atoms with Crippen molar-refractivity contribution in [3.05, 3.63) is 35.7 Å². The summed E-state index contributed by atoms with van der Waals surface area (Å²) in [5.74, 6) is 0.467. The second-order valence-corrected chi connectivity index (χ2v) is 2.82. The van der Waals surface area contributed by atoms with Gasteiger partial charge in [-0.15, -0.1) is 0 Å². The van der Waals surface area contributed by atoms with Crippen molar-refractivity contribution >= 4 is 11.6 Å². The van der Waals surface area contributed by atoms with Gasteiger partial charge >= 0.3 is 5.91 Å². The van der Waals surface area contributed by atoms with Gasteiger partial charge < -0.3 is 14.9 Å². The monoisotopic (exact) mass is 204 g/mol. The first-order valence-corrected chi connectivity index (χ1v) is 4.62. The van der Waals surface area contributed by atoms with Crippen LogP contribution in [0.1, 0.15) is 6.92 Å². The summed E-state index contributed by atoms with van der Waals surface area (Å²) < 4.78 is 5.25. The van der Waals surface area contributed by atoms with Crippen molar-refractivity contribution in [2.75, 3.05) is 18.5 Å². The molecule has 0 bridgehead atoms. The Balaban J connectivity index is 2.57. The lowest BCUT2D eigenvalue weighted by molar-refractivity contribution is -0.114. The van der Waals surface area contributed by atoms with Crippen molar-refractivity contribution in [1.29, 1.82) is 0 Å². The van der Waals surface area contributed by atoms with E-state index in [0.717, 1.165) is 5.75 Å². The molecule has 1 N–H and O–H groups in total. The van der Waals surface area contributed by atoms with Gasteiger partial charge in [0, 0.05) is 5.69 Å². The molecule has 0 aliphatic carbocycles. The summed E-state index contributed by atoms with van der Waals surface area (Å²) in [6, 6.07) is 7.04. The second-order valence-electron chi connectivity index (χ2n) is 2.82. The lowest BCUT2D eigenvalue weighted by Crippen LogP contribution is -2.13. The van der Waals surface area contributed by atoms with Crippen LogP contribution >= 0.6 is 0 Å². The van der Waals surface area contributed by atoms with Crippen molar-refractivity contribution in [3.63, 3.8) is 0 Å². The number of hydrogen-bond acceptors (Lipinski definition) is 2. The van der Waals surface area contributed by atoms with Crippen LogP contribution in [0.2, 0.25) is 0 Å². The Bertz CT molecular complexity index is 365. The maximum atomic E-state index is 11.1. The largest absolute Gasteiger partial charge is 0.494 e. The molecule has 0 radical (unpaired) electrons. The number of ether oxygens (including phenoxy) is 1. The Morgan fingerprint density at radius 2 is 2.13 bits per heavy atom. The minimum atomic E-state index is -0.297. The first kappa shape index (κ1) is 11.1. The Labute approximate surface area is 88.7 Å².